The molecule has 1 heterocycles. The smallest absolute Gasteiger partial charge is 0.0684 e. The van der Waals surface area contributed by atoms with E-state index in [0.29, 0.717) is 0 Å². The van der Waals surface area contributed by atoms with Crippen LogP contribution in [0.3, 0.4) is 0 Å². The Bertz CT molecular complexity index is 240. The molecule has 92 valence electrons. The third-order valence-corrected chi connectivity index (χ3v) is 3.53. The molecule has 0 aromatic carbocycles. The van der Waals surface area contributed by atoms with E-state index in [1.165, 1.54) is 25.9 Å². The van der Waals surface area contributed by atoms with Crippen molar-refractivity contribution in [3.05, 3.63) is 0 Å². The highest BCUT2D eigenvalue weighted by atomic mass is 15.1. The number of hydrogen-bond acceptors (Lipinski definition) is 3. The van der Waals surface area contributed by atoms with Crippen molar-refractivity contribution in [3.8, 4) is 6.07 Å². The lowest BCUT2D eigenvalue weighted by Crippen LogP contribution is -2.38. The van der Waals surface area contributed by atoms with Gasteiger partial charge in [0.25, 0.3) is 0 Å². The molecule has 2 N–H and O–H groups in total. The van der Waals surface area contributed by atoms with Gasteiger partial charge >= 0.3 is 0 Å². The maximum atomic E-state index is 8.97. The largest absolute Gasteiger partial charge is 0.330 e. The fourth-order valence-electron chi connectivity index (χ4n) is 2.32. The molecule has 1 atom stereocenters. The summed E-state index contributed by atoms with van der Waals surface area (Å²) in [4.78, 5) is 2.50. The first kappa shape index (κ1) is 13.5. The number of nitriles is 1. The van der Waals surface area contributed by atoms with Gasteiger partial charge in [-0.2, -0.15) is 5.26 Å². The monoisotopic (exact) mass is 223 g/mol. The van der Waals surface area contributed by atoms with Gasteiger partial charge in [0.15, 0.2) is 0 Å². The van der Waals surface area contributed by atoms with Crippen LogP contribution < -0.4 is 5.73 Å². The summed E-state index contributed by atoms with van der Waals surface area (Å²) in [6.07, 6.45) is 4.74. The van der Waals surface area contributed by atoms with Gasteiger partial charge in [0.1, 0.15) is 0 Å². The van der Waals surface area contributed by atoms with Gasteiger partial charge in [-0.15, -0.1) is 0 Å². The second-order valence-electron chi connectivity index (χ2n) is 5.63. The Labute approximate surface area is 99.6 Å². The molecule has 0 aromatic rings. The molecule has 1 saturated heterocycles. The van der Waals surface area contributed by atoms with Gasteiger partial charge in [0.05, 0.1) is 11.5 Å². The zero-order chi connectivity index (χ0) is 12.0. The quantitative estimate of drug-likeness (QED) is 0.775. The van der Waals surface area contributed by atoms with Crippen molar-refractivity contribution in [2.24, 2.45) is 17.1 Å². The first-order valence-corrected chi connectivity index (χ1v) is 6.41. The maximum absolute atomic E-state index is 8.97. The van der Waals surface area contributed by atoms with Crippen LogP contribution in [0.4, 0.5) is 0 Å². The van der Waals surface area contributed by atoms with Crippen LogP contribution >= 0.6 is 0 Å². The minimum Gasteiger partial charge on any atom is -0.330 e. The second kappa shape index (κ2) is 6.22. The molecule has 1 aliphatic rings. The van der Waals surface area contributed by atoms with Crippen LogP contribution in [0.1, 0.15) is 39.5 Å². The minimum absolute atomic E-state index is 0.180. The van der Waals surface area contributed by atoms with E-state index in [9.17, 15) is 0 Å². The van der Waals surface area contributed by atoms with Crippen molar-refractivity contribution in [2.45, 2.75) is 39.5 Å². The average molecular weight is 223 g/mol. The van der Waals surface area contributed by atoms with Crippen molar-refractivity contribution in [1.29, 1.82) is 5.26 Å². The Morgan fingerprint density at radius 1 is 1.50 bits per heavy atom. The Morgan fingerprint density at radius 3 is 2.88 bits per heavy atom. The summed E-state index contributed by atoms with van der Waals surface area (Å²) >= 11 is 0. The van der Waals surface area contributed by atoms with Gasteiger partial charge in [-0.25, -0.2) is 0 Å². The Kier molecular flexibility index (Phi) is 5.24. The number of hydrogen-bond donors (Lipinski definition) is 1. The Morgan fingerprint density at radius 2 is 2.25 bits per heavy atom. The van der Waals surface area contributed by atoms with Crippen molar-refractivity contribution < 1.29 is 0 Å². The van der Waals surface area contributed by atoms with E-state index in [1.54, 1.807) is 0 Å². The highest BCUT2D eigenvalue weighted by Gasteiger charge is 2.22. The van der Waals surface area contributed by atoms with Gasteiger partial charge in [0, 0.05) is 6.54 Å². The highest BCUT2D eigenvalue weighted by molar-refractivity contribution is 4.92. The zero-order valence-electron chi connectivity index (χ0n) is 10.7. The van der Waals surface area contributed by atoms with Gasteiger partial charge < -0.3 is 10.6 Å². The van der Waals surface area contributed by atoms with E-state index >= 15 is 0 Å². The zero-order valence-corrected chi connectivity index (χ0v) is 10.7. The number of nitrogens with two attached hydrogens (primary N) is 1. The Balaban J connectivity index is 2.30. The predicted molar refractivity (Wildman–Crippen MR) is 66.8 cm³/mol. The molecule has 1 unspecified atom stereocenters. The lowest BCUT2D eigenvalue weighted by Gasteiger charge is -2.33. The van der Waals surface area contributed by atoms with Crippen molar-refractivity contribution in [3.63, 3.8) is 0 Å². The molecule has 1 fully saturated rings. The summed E-state index contributed by atoms with van der Waals surface area (Å²) in [6.45, 7) is 8.29. The third kappa shape index (κ3) is 4.51. The molecule has 0 aliphatic carbocycles. The molecule has 0 radical (unpaired) electrons. The number of piperidine rings is 1. The van der Waals surface area contributed by atoms with Crippen molar-refractivity contribution >= 4 is 0 Å². The molecule has 0 amide bonds. The van der Waals surface area contributed by atoms with Crippen LogP contribution in [-0.4, -0.2) is 31.1 Å². The maximum Gasteiger partial charge on any atom is 0.0684 e. The van der Waals surface area contributed by atoms with Crippen LogP contribution in [0.15, 0.2) is 0 Å². The molecule has 16 heavy (non-hydrogen) atoms. The molecule has 0 aromatic heterocycles. The van der Waals surface area contributed by atoms with E-state index in [2.05, 4.69) is 11.0 Å². The van der Waals surface area contributed by atoms with Crippen LogP contribution in [0, 0.1) is 22.7 Å². The molecular formula is C13H25N3. The third-order valence-electron chi connectivity index (χ3n) is 3.53. The minimum atomic E-state index is -0.180. The van der Waals surface area contributed by atoms with E-state index in [4.69, 9.17) is 11.0 Å². The van der Waals surface area contributed by atoms with Crippen LogP contribution in [0.5, 0.6) is 0 Å². The Hall–Kier alpha value is -0.590. The second-order valence-corrected chi connectivity index (χ2v) is 5.63. The normalized spacial score (nSPS) is 23.0. The number of rotatable bonds is 5. The summed E-state index contributed by atoms with van der Waals surface area (Å²) in [5.41, 5.74) is 5.43. The van der Waals surface area contributed by atoms with E-state index in [1.807, 2.05) is 13.8 Å². The lowest BCUT2D eigenvalue weighted by atomic mass is 9.89. The summed E-state index contributed by atoms with van der Waals surface area (Å²) < 4.78 is 0. The summed E-state index contributed by atoms with van der Waals surface area (Å²) in [6, 6.07) is 2.37. The predicted octanol–water partition coefficient (Wildman–Crippen LogP) is 1.99. The molecule has 3 heteroatoms. The van der Waals surface area contributed by atoms with Gasteiger partial charge in [-0.3, -0.25) is 0 Å². The van der Waals surface area contributed by atoms with Gasteiger partial charge in [-0.05, 0) is 65.1 Å². The van der Waals surface area contributed by atoms with Crippen molar-refractivity contribution in [1.82, 2.24) is 4.90 Å². The first-order chi connectivity index (χ1) is 7.57. The number of likely N-dealkylation sites (tertiary alicyclic amines) is 1. The lowest BCUT2D eigenvalue weighted by molar-refractivity contribution is 0.156. The molecule has 0 saturated carbocycles. The van der Waals surface area contributed by atoms with Crippen LogP contribution in [0.25, 0.3) is 0 Å². The summed E-state index contributed by atoms with van der Waals surface area (Å²) in [5.74, 6) is 0.781. The van der Waals surface area contributed by atoms with E-state index < -0.39 is 0 Å². The highest BCUT2D eigenvalue weighted by Crippen LogP contribution is 2.23. The first-order valence-electron chi connectivity index (χ1n) is 6.41. The molecular weight excluding hydrogens is 198 g/mol. The SMILES string of the molecule is CC(C)(C#N)CCN1CCCC(CCN)C1. The van der Waals surface area contributed by atoms with Crippen LogP contribution in [-0.2, 0) is 0 Å². The van der Waals surface area contributed by atoms with E-state index in [-0.39, 0.29) is 5.41 Å². The summed E-state index contributed by atoms with van der Waals surface area (Å²) in [5, 5.41) is 8.97. The molecule has 0 spiro atoms. The summed E-state index contributed by atoms with van der Waals surface area (Å²) in [7, 11) is 0. The van der Waals surface area contributed by atoms with Crippen molar-refractivity contribution in [2.75, 3.05) is 26.2 Å². The fourth-order valence-corrected chi connectivity index (χ4v) is 2.32. The molecule has 3 nitrogen and oxygen atoms in total. The van der Waals surface area contributed by atoms with Gasteiger partial charge in [-0.1, -0.05) is 0 Å². The molecule has 0 bridgehead atoms. The van der Waals surface area contributed by atoms with Crippen LogP contribution in [0.2, 0.25) is 0 Å². The fraction of sp³-hybridized carbons (Fsp3) is 0.923. The standard InChI is InChI=1S/C13H25N3/c1-13(2,11-15)6-9-16-8-3-4-12(10-16)5-7-14/h12H,3-10,14H2,1-2H3. The van der Waals surface area contributed by atoms with Gasteiger partial charge in [0.2, 0.25) is 0 Å². The molecule has 1 rings (SSSR count). The number of nitrogens with zero attached hydrogens (tertiary/aromatic N) is 2. The molecule has 1 aliphatic heterocycles. The topological polar surface area (TPSA) is 53.0 Å². The van der Waals surface area contributed by atoms with E-state index in [0.717, 1.165) is 31.8 Å². The average Bonchev–Trinajstić information content (AvgIpc) is 2.28.